The van der Waals surface area contributed by atoms with Crippen molar-refractivity contribution in [2.24, 2.45) is 0 Å². The van der Waals surface area contributed by atoms with E-state index in [9.17, 15) is 0 Å². The minimum Gasteiger partial charge on any atom is -0.323 e. The minimum absolute atomic E-state index is 0.660. The third-order valence-corrected chi connectivity index (χ3v) is 2.02. The molecule has 0 unspecified atom stereocenters. The Morgan fingerprint density at radius 3 is 2.50 bits per heavy atom. The van der Waals surface area contributed by atoms with E-state index in [1.54, 1.807) is 0 Å². The molecular formula is C9H14NOSi. The van der Waals surface area contributed by atoms with E-state index in [1.807, 2.05) is 18.2 Å². The molecular weight excluding hydrogens is 166 g/mol. The average molecular weight is 180 g/mol. The van der Waals surface area contributed by atoms with Crippen molar-refractivity contribution in [3.8, 4) is 0 Å². The summed E-state index contributed by atoms with van der Waals surface area (Å²) in [5, 5.41) is 0. The molecule has 0 heterocycles. The van der Waals surface area contributed by atoms with Crippen LogP contribution in [0.4, 0.5) is 5.69 Å². The lowest BCUT2D eigenvalue weighted by molar-refractivity contribution is 0.419. The molecule has 3 heteroatoms. The number of nitrogens with one attached hydrogen (secondary N) is 1. The molecule has 0 atom stereocenters. The molecule has 12 heavy (non-hydrogen) atoms. The van der Waals surface area contributed by atoms with Gasteiger partial charge in [0.2, 0.25) is 9.04 Å². The summed E-state index contributed by atoms with van der Waals surface area (Å²) in [5.74, 6) is 0. The third kappa shape index (κ3) is 2.68. The first-order valence-corrected chi connectivity index (χ1v) is 6.39. The molecule has 0 aliphatic heterocycles. The first-order valence-electron chi connectivity index (χ1n) is 3.99. The van der Waals surface area contributed by atoms with Crippen molar-refractivity contribution < 1.29 is 4.53 Å². The van der Waals surface area contributed by atoms with Gasteiger partial charge in [-0.2, -0.15) is 0 Å². The monoisotopic (exact) mass is 180 g/mol. The van der Waals surface area contributed by atoms with Gasteiger partial charge in [-0.15, -0.1) is 0 Å². The number of rotatable bonds is 3. The SMILES string of the molecule is Cc1ccccc1NO[Si](C)C. The molecule has 2 nitrogen and oxygen atoms in total. The van der Waals surface area contributed by atoms with Crippen molar-refractivity contribution in [2.75, 3.05) is 5.48 Å². The number of anilines is 1. The van der Waals surface area contributed by atoms with Crippen LogP contribution in [0, 0.1) is 6.92 Å². The van der Waals surface area contributed by atoms with Gasteiger partial charge in [0.1, 0.15) is 0 Å². The van der Waals surface area contributed by atoms with Crippen molar-refractivity contribution in [3.05, 3.63) is 29.8 Å². The van der Waals surface area contributed by atoms with Gasteiger partial charge in [0.25, 0.3) is 0 Å². The molecule has 1 aromatic carbocycles. The zero-order valence-corrected chi connectivity index (χ0v) is 8.72. The van der Waals surface area contributed by atoms with Gasteiger partial charge in [0.05, 0.1) is 5.69 Å². The Balaban J connectivity index is 2.57. The molecule has 1 radical (unpaired) electrons. The van der Waals surface area contributed by atoms with Crippen molar-refractivity contribution in [3.63, 3.8) is 0 Å². The maximum Gasteiger partial charge on any atom is 0.244 e. The number of para-hydroxylation sites is 1. The Bertz CT molecular complexity index is 250. The summed E-state index contributed by atoms with van der Waals surface area (Å²) in [4.78, 5) is 0. The topological polar surface area (TPSA) is 21.3 Å². The Morgan fingerprint density at radius 2 is 1.92 bits per heavy atom. The zero-order chi connectivity index (χ0) is 8.97. The molecule has 65 valence electrons. The van der Waals surface area contributed by atoms with E-state index < -0.39 is 9.04 Å². The van der Waals surface area contributed by atoms with Crippen LogP contribution in [0.2, 0.25) is 13.1 Å². The van der Waals surface area contributed by atoms with E-state index in [0.717, 1.165) is 5.69 Å². The summed E-state index contributed by atoms with van der Waals surface area (Å²) in [6, 6.07) is 8.09. The van der Waals surface area contributed by atoms with Crippen molar-refractivity contribution in [2.45, 2.75) is 20.0 Å². The highest BCUT2D eigenvalue weighted by Crippen LogP contribution is 2.12. The molecule has 0 spiro atoms. The van der Waals surface area contributed by atoms with Crippen LogP contribution in [0.25, 0.3) is 0 Å². The van der Waals surface area contributed by atoms with Crippen LogP contribution >= 0.6 is 0 Å². The molecule has 0 aromatic heterocycles. The Morgan fingerprint density at radius 1 is 1.25 bits per heavy atom. The molecule has 0 fully saturated rings. The number of hydrogen-bond acceptors (Lipinski definition) is 2. The summed E-state index contributed by atoms with van der Waals surface area (Å²) in [5.41, 5.74) is 5.23. The standard InChI is InChI=1S/C9H14NOSi/c1-8-6-4-5-7-9(8)10-11-12(2)3/h4-7,10H,1-3H3. The van der Waals surface area contributed by atoms with Gasteiger partial charge < -0.3 is 4.53 Å². The molecule has 1 rings (SSSR count). The average Bonchev–Trinajstić information content (AvgIpc) is 2.03. The maximum atomic E-state index is 5.36. The lowest BCUT2D eigenvalue weighted by Crippen LogP contribution is -2.13. The lowest BCUT2D eigenvalue weighted by atomic mass is 10.2. The highest BCUT2D eigenvalue weighted by atomic mass is 28.3. The van der Waals surface area contributed by atoms with Crippen LogP contribution < -0.4 is 5.48 Å². The molecule has 0 saturated carbocycles. The second-order valence-electron chi connectivity index (χ2n) is 2.93. The van der Waals surface area contributed by atoms with Gasteiger partial charge in [-0.25, -0.2) is 0 Å². The molecule has 0 saturated heterocycles. The second-order valence-corrected chi connectivity index (χ2v) is 4.95. The van der Waals surface area contributed by atoms with Crippen molar-refractivity contribution >= 4 is 14.7 Å². The van der Waals surface area contributed by atoms with Crippen LogP contribution in [0.1, 0.15) is 5.56 Å². The highest BCUT2D eigenvalue weighted by molar-refractivity contribution is 6.48. The summed E-state index contributed by atoms with van der Waals surface area (Å²) >= 11 is 0. The first kappa shape index (κ1) is 9.29. The van der Waals surface area contributed by atoms with Crippen LogP contribution in [0.5, 0.6) is 0 Å². The summed E-state index contributed by atoms with van der Waals surface area (Å²) < 4.78 is 5.36. The molecule has 0 amide bonds. The summed E-state index contributed by atoms with van der Waals surface area (Å²) in [7, 11) is -0.660. The van der Waals surface area contributed by atoms with E-state index >= 15 is 0 Å². The summed E-state index contributed by atoms with van der Waals surface area (Å²) in [6.07, 6.45) is 0. The fourth-order valence-corrected chi connectivity index (χ4v) is 1.16. The van der Waals surface area contributed by atoms with Gasteiger partial charge in [0.15, 0.2) is 0 Å². The smallest absolute Gasteiger partial charge is 0.244 e. The second kappa shape index (κ2) is 4.28. The number of benzene rings is 1. The van der Waals surface area contributed by atoms with Crippen LogP contribution in [-0.4, -0.2) is 9.04 Å². The summed E-state index contributed by atoms with van der Waals surface area (Å²) in [6.45, 7) is 6.25. The predicted molar refractivity (Wildman–Crippen MR) is 53.4 cm³/mol. The predicted octanol–water partition coefficient (Wildman–Crippen LogP) is 2.59. The van der Waals surface area contributed by atoms with Gasteiger partial charge >= 0.3 is 0 Å². The number of aryl methyl sites for hydroxylation is 1. The fourth-order valence-electron chi connectivity index (χ4n) is 0.844. The zero-order valence-electron chi connectivity index (χ0n) is 7.72. The van der Waals surface area contributed by atoms with E-state index in [2.05, 4.69) is 31.6 Å². The van der Waals surface area contributed by atoms with Gasteiger partial charge in [-0.05, 0) is 31.6 Å². The van der Waals surface area contributed by atoms with Gasteiger partial charge in [-0.3, -0.25) is 5.48 Å². The molecule has 0 bridgehead atoms. The van der Waals surface area contributed by atoms with Gasteiger partial charge in [0, 0.05) is 0 Å². The molecule has 1 aromatic rings. The maximum absolute atomic E-state index is 5.36. The van der Waals surface area contributed by atoms with Gasteiger partial charge in [-0.1, -0.05) is 18.2 Å². The molecule has 0 aliphatic rings. The van der Waals surface area contributed by atoms with E-state index in [-0.39, 0.29) is 0 Å². The normalized spacial score (nSPS) is 10.3. The Labute approximate surface area is 75.2 Å². The minimum atomic E-state index is -0.660. The quantitative estimate of drug-likeness (QED) is 0.570. The van der Waals surface area contributed by atoms with E-state index in [0.29, 0.717) is 0 Å². The van der Waals surface area contributed by atoms with E-state index in [1.165, 1.54) is 5.56 Å². The van der Waals surface area contributed by atoms with E-state index in [4.69, 9.17) is 4.53 Å². The van der Waals surface area contributed by atoms with Crippen molar-refractivity contribution in [1.82, 2.24) is 0 Å². The highest BCUT2D eigenvalue weighted by Gasteiger charge is 1.98. The molecule has 1 N–H and O–H groups in total. The van der Waals surface area contributed by atoms with Crippen LogP contribution in [-0.2, 0) is 4.53 Å². The van der Waals surface area contributed by atoms with Crippen LogP contribution in [0.3, 0.4) is 0 Å². The van der Waals surface area contributed by atoms with Crippen LogP contribution in [0.15, 0.2) is 24.3 Å². The van der Waals surface area contributed by atoms with Crippen molar-refractivity contribution in [1.29, 1.82) is 0 Å². The fraction of sp³-hybridized carbons (Fsp3) is 0.333. The third-order valence-electron chi connectivity index (χ3n) is 1.51. The Hall–Kier alpha value is -0.803. The lowest BCUT2D eigenvalue weighted by Gasteiger charge is -2.10. The molecule has 0 aliphatic carbocycles. The Kier molecular flexibility index (Phi) is 3.31. The largest absolute Gasteiger partial charge is 0.323 e. The first-order chi connectivity index (χ1) is 5.70. The number of hydrogen-bond donors (Lipinski definition) is 1.